The summed E-state index contributed by atoms with van der Waals surface area (Å²) in [6, 6.07) is 6.35. The number of carbonyl (C=O) groups is 3. The highest BCUT2D eigenvalue weighted by molar-refractivity contribution is 7.50. The van der Waals surface area contributed by atoms with E-state index >= 15 is 0 Å². The first-order valence-corrected chi connectivity index (χ1v) is 19.1. The number of carbonyl (C=O) groups excluding carboxylic acids is 3. The van der Waals surface area contributed by atoms with Crippen molar-refractivity contribution < 1.29 is 28.7 Å². The Kier molecular flexibility index (Phi) is 20.4. The van der Waals surface area contributed by atoms with Gasteiger partial charge in [0, 0.05) is 13.0 Å². The molecule has 0 radical (unpaired) electrons. The largest absolute Gasteiger partial charge is 0.329 e. The number of hydrogen-bond donors (Lipinski definition) is 5. The second kappa shape index (κ2) is 22.4. The first-order chi connectivity index (χ1) is 22.2. The summed E-state index contributed by atoms with van der Waals surface area (Å²) < 4.78 is 11.3. The lowest BCUT2D eigenvalue weighted by molar-refractivity contribution is -0.127. The fourth-order valence-corrected chi connectivity index (χ4v) is 6.38. The molecule has 0 bridgehead atoms. The van der Waals surface area contributed by atoms with Crippen LogP contribution in [0.5, 0.6) is 0 Å². The zero-order valence-corrected chi connectivity index (χ0v) is 30.3. The summed E-state index contributed by atoms with van der Waals surface area (Å²) in [5.74, 6) is -0.0196. The van der Waals surface area contributed by atoms with E-state index in [1.54, 1.807) is 24.3 Å². The number of benzene rings is 1. The van der Waals surface area contributed by atoms with Gasteiger partial charge in [0.25, 0.3) is 0 Å². The predicted molar refractivity (Wildman–Crippen MR) is 193 cm³/mol. The molecule has 0 aliphatic carbocycles. The molecule has 2 unspecified atom stereocenters. The molecular weight excluding hydrogens is 613 g/mol. The van der Waals surface area contributed by atoms with Crippen LogP contribution in [-0.2, 0) is 31.5 Å². The van der Waals surface area contributed by atoms with E-state index in [2.05, 4.69) is 29.1 Å². The van der Waals surface area contributed by atoms with Crippen molar-refractivity contribution in [3.8, 4) is 0 Å². The van der Waals surface area contributed by atoms with Gasteiger partial charge in [-0.05, 0) is 83.9 Å². The molecule has 47 heavy (non-hydrogen) atoms. The van der Waals surface area contributed by atoms with E-state index in [9.17, 15) is 28.7 Å². The summed E-state index contributed by atoms with van der Waals surface area (Å²) in [7, 11) is -2.34. The standard InChI is InChI=1S/C37H62N3O6P/c1-7-9-11-13-15-17-24-36(4,38-6)35(43)28-40-37(5,25-18-16-14-12-10-8-2)34(42)23-26-39-33(30(3)41)27-31-19-21-32(22-20-31)29-47(44,45)46/h7-8,19-22,33,38-40H,1-2,9-18,23-29H2,3-6H3,(H2,44,45,46)/t33-,36?,37?/m0/s1. The van der Waals surface area contributed by atoms with Crippen molar-refractivity contribution >= 4 is 24.9 Å². The number of likely N-dealkylation sites (N-methyl/N-ethyl adjacent to an activating group) is 1. The van der Waals surface area contributed by atoms with Crippen LogP contribution in [-0.4, -0.2) is 64.4 Å². The summed E-state index contributed by atoms with van der Waals surface area (Å²) in [5.41, 5.74) is -0.176. The Bertz CT molecular complexity index is 1170. The van der Waals surface area contributed by atoms with Gasteiger partial charge >= 0.3 is 7.60 Å². The molecule has 0 fully saturated rings. The van der Waals surface area contributed by atoms with Crippen LogP contribution < -0.4 is 16.0 Å². The zero-order chi connectivity index (χ0) is 35.3. The molecule has 1 aromatic carbocycles. The summed E-state index contributed by atoms with van der Waals surface area (Å²) in [5, 5.41) is 9.83. The molecule has 10 heteroatoms. The molecule has 0 aliphatic heterocycles. The van der Waals surface area contributed by atoms with Crippen molar-refractivity contribution in [3.63, 3.8) is 0 Å². The molecule has 266 valence electrons. The van der Waals surface area contributed by atoms with Gasteiger partial charge < -0.3 is 20.4 Å². The van der Waals surface area contributed by atoms with Crippen LogP contribution in [0.2, 0.25) is 0 Å². The van der Waals surface area contributed by atoms with E-state index in [1.165, 1.54) is 6.92 Å². The third kappa shape index (κ3) is 17.6. The monoisotopic (exact) mass is 675 g/mol. The maximum Gasteiger partial charge on any atom is 0.329 e. The van der Waals surface area contributed by atoms with Gasteiger partial charge in [0.2, 0.25) is 0 Å². The van der Waals surface area contributed by atoms with Crippen LogP contribution in [0.4, 0.5) is 0 Å². The highest BCUT2D eigenvalue weighted by Gasteiger charge is 2.36. The van der Waals surface area contributed by atoms with Crippen molar-refractivity contribution in [2.75, 3.05) is 20.1 Å². The SMILES string of the molecule is C=CCCCCCCC(C)(NC)C(=O)CNC(C)(CCCCCCC=C)C(=O)CCN[C@@H](Cc1ccc(CP(=O)(O)O)cc1)C(C)=O. The van der Waals surface area contributed by atoms with Crippen molar-refractivity contribution in [3.05, 3.63) is 60.7 Å². The first-order valence-electron chi connectivity index (χ1n) is 17.3. The van der Waals surface area contributed by atoms with Crippen molar-refractivity contribution in [2.24, 2.45) is 0 Å². The Morgan fingerprint density at radius 1 is 0.830 bits per heavy atom. The highest BCUT2D eigenvalue weighted by atomic mass is 31.2. The van der Waals surface area contributed by atoms with Gasteiger partial charge in [0.1, 0.15) is 5.78 Å². The molecule has 3 atom stereocenters. The van der Waals surface area contributed by atoms with Crippen LogP contribution in [0.3, 0.4) is 0 Å². The minimum Gasteiger partial charge on any atom is -0.324 e. The number of ketones is 3. The summed E-state index contributed by atoms with van der Waals surface area (Å²) in [6.45, 7) is 13.3. The Hall–Kier alpha value is -2.26. The highest BCUT2D eigenvalue weighted by Crippen LogP contribution is 2.39. The first kappa shape index (κ1) is 42.8. The number of hydrogen-bond acceptors (Lipinski definition) is 7. The summed E-state index contributed by atoms with van der Waals surface area (Å²) in [4.78, 5) is 58.1. The zero-order valence-electron chi connectivity index (χ0n) is 29.5. The third-order valence-corrected chi connectivity index (χ3v) is 9.95. The van der Waals surface area contributed by atoms with Crippen LogP contribution in [0.25, 0.3) is 0 Å². The fraction of sp³-hybridized carbons (Fsp3) is 0.649. The van der Waals surface area contributed by atoms with Gasteiger partial charge in [0.05, 0.1) is 29.8 Å². The number of rotatable bonds is 29. The average Bonchev–Trinajstić information content (AvgIpc) is 3.02. The maximum absolute atomic E-state index is 13.7. The number of Topliss-reactive ketones (excluding diaryl/α,β-unsaturated/α-hetero) is 3. The Morgan fingerprint density at radius 3 is 1.83 bits per heavy atom. The van der Waals surface area contributed by atoms with Gasteiger partial charge in [-0.2, -0.15) is 0 Å². The third-order valence-electron chi connectivity index (χ3n) is 9.18. The molecule has 0 amide bonds. The van der Waals surface area contributed by atoms with Gasteiger partial charge in [-0.15, -0.1) is 13.2 Å². The van der Waals surface area contributed by atoms with E-state index in [1.807, 2.05) is 33.0 Å². The van der Waals surface area contributed by atoms with Crippen molar-refractivity contribution in [1.29, 1.82) is 0 Å². The van der Waals surface area contributed by atoms with E-state index in [0.717, 1.165) is 76.2 Å². The molecule has 0 saturated carbocycles. The molecule has 1 aromatic rings. The lowest BCUT2D eigenvalue weighted by Crippen LogP contribution is -2.57. The number of allylic oxidation sites excluding steroid dienone is 2. The number of nitrogens with one attached hydrogen (secondary N) is 3. The molecule has 9 nitrogen and oxygen atoms in total. The lowest BCUT2D eigenvalue weighted by atomic mass is 9.85. The molecule has 0 spiro atoms. The molecule has 0 aromatic heterocycles. The van der Waals surface area contributed by atoms with Crippen LogP contribution >= 0.6 is 7.60 Å². The maximum atomic E-state index is 13.7. The van der Waals surface area contributed by atoms with Gasteiger partial charge in [-0.3, -0.25) is 24.3 Å². The molecule has 1 rings (SSSR count). The lowest BCUT2D eigenvalue weighted by Gasteiger charge is -2.33. The van der Waals surface area contributed by atoms with Crippen molar-refractivity contribution in [1.82, 2.24) is 16.0 Å². The average molecular weight is 676 g/mol. The van der Waals surface area contributed by atoms with Gasteiger partial charge in [0.15, 0.2) is 11.6 Å². The van der Waals surface area contributed by atoms with Crippen LogP contribution in [0, 0.1) is 0 Å². The quantitative estimate of drug-likeness (QED) is 0.0372. The molecule has 0 aliphatic rings. The van der Waals surface area contributed by atoms with E-state index in [4.69, 9.17) is 0 Å². The minimum atomic E-state index is -4.16. The topological polar surface area (TPSA) is 145 Å². The van der Waals surface area contributed by atoms with Gasteiger partial charge in [-0.25, -0.2) is 0 Å². The van der Waals surface area contributed by atoms with Crippen LogP contribution in [0.15, 0.2) is 49.6 Å². The van der Waals surface area contributed by atoms with Gasteiger partial charge in [-0.1, -0.05) is 74.9 Å². The number of unbranched alkanes of at least 4 members (excludes halogenated alkanes) is 8. The van der Waals surface area contributed by atoms with E-state index in [-0.39, 0.29) is 36.5 Å². The fourth-order valence-electron chi connectivity index (χ4n) is 5.69. The minimum absolute atomic E-state index is 0.00126. The molecular formula is C37H62N3O6P. The summed E-state index contributed by atoms with van der Waals surface area (Å²) >= 11 is 0. The molecule has 0 saturated heterocycles. The molecule has 0 heterocycles. The van der Waals surface area contributed by atoms with E-state index in [0.29, 0.717) is 24.9 Å². The Morgan fingerprint density at radius 2 is 1.34 bits per heavy atom. The van der Waals surface area contributed by atoms with Crippen molar-refractivity contribution in [2.45, 2.75) is 134 Å². The second-order valence-corrected chi connectivity index (χ2v) is 15.0. The van der Waals surface area contributed by atoms with E-state index < -0.39 is 24.7 Å². The Labute approximate surface area is 284 Å². The Balaban J connectivity index is 2.85. The second-order valence-electron chi connectivity index (χ2n) is 13.3. The summed E-state index contributed by atoms with van der Waals surface area (Å²) in [6.07, 6.45) is 15.6. The predicted octanol–water partition coefficient (Wildman–Crippen LogP) is 6.36. The normalized spacial score (nSPS) is 14.9. The van der Waals surface area contributed by atoms with Crippen LogP contribution in [0.1, 0.15) is 115 Å². The smallest absolute Gasteiger partial charge is 0.324 e. The molecule has 5 N–H and O–H groups in total.